The molecule has 0 aliphatic carbocycles. The molecule has 0 saturated carbocycles. The molecule has 0 atom stereocenters. The number of hydrazine groups is 1. The van der Waals surface area contributed by atoms with Crippen molar-refractivity contribution in [3.8, 4) is 0 Å². The van der Waals surface area contributed by atoms with Crippen LogP contribution in [0, 0.1) is 0 Å². The highest BCUT2D eigenvalue weighted by atomic mass is 15.5. The van der Waals surface area contributed by atoms with Crippen LogP contribution in [0.2, 0.25) is 0 Å². The summed E-state index contributed by atoms with van der Waals surface area (Å²) in [6, 6.07) is 0. The summed E-state index contributed by atoms with van der Waals surface area (Å²) in [5.41, 5.74) is 4.98. The standard InChI is InChI=1S/2C9H16N2/c1-3-7-10-11-8-4-2-6-9(11)5-1;1-2-5-9-10-6-4-8-11(9)7-3-1/h6,10H,1-5,7-8H2;1-8H2. The number of hydrogen-bond donors (Lipinski definition) is 1. The van der Waals surface area contributed by atoms with Crippen molar-refractivity contribution in [1.82, 2.24) is 15.3 Å². The van der Waals surface area contributed by atoms with Crippen molar-refractivity contribution in [3.05, 3.63) is 11.8 Å². The van der Waals surface area contributed by atoms with E-state index in [1.165, 1.54) is 95.4 Å². The van der Waals surface area contributed by atoms with Gasteiger partial charge in [-0.1, -0.05) is 12.5 Å². The minimum absolute atomic E-state index is 1.08. The van der Waals surface area contributed by atoms with Gasteiger partial charge in [-0.15, -0.1) is 0 Å². The lowest BCUT2D eigenvalue weighted by atomic mass is 10.1. The van der Waals surface area contributed by atoms with E-state index in [1.54, 1.807) is 0 Å². The number of allylic oxidation sites excluding steroid dienone is 2. The number of fused-ring (bicyclic) bond motifs is 2. The van der Waals surface area contributed by atoms with E-state index in [2.05, 4.69) is 26.4 Å². The van der Waals surface area contributed by atoms with Gasteiger partial charge in [0.25, 0.3) is 0 Å². The van der Waals surface area contributed by atoms with E-state index in [-0.39, 0.29) is 0 Å². The molecule has 124 valence electrons. The minimum Gasteiger partial charge on any atom is -0.360 e. The molecule has 4 rings (SSSR count). The first-order valence-electron chi connectivity index (χ1n) is 9.42. The molecule has 4 aliphatic heterocycles. The summed E-state index contributed by atoms with van der Waals surface area (Å²) < 4.78 is 0. The highest BCUT2D eigenvalue weighted by molar-refractivity contribution is 5.83. The largest absolute Gasteiger partial charge is 0.360 e. The van der Waals surface area contributed by atoms with Gasteiger partial charge in [0.05, 0.1) is 5.84 Å². The third kappa shape index (κ3) is 4.48. The second-order valence-corrected chi connectivity index (χ2v) is 6.80. The topological polar surface area (TPSA) is 30.9 Å². The molecule has 0 aromatic rings. The van der Waals surface area contributed by atoms with E-state index in [1.807, 2.05) is 0 Å². The van der Waals surface area contributed by atoms with E-state index < -0.39 is 0 Å². The average Bonchev–Trinajstić information content (AvgIpc) is 2.95. The molecule has 0 aromatic carbocycles. The van der Waals surface area contributed by atoms with Crippen LogP contribution in [0.25, 0.3) is 0 Å². The molecule has 0 unspecified atom stereocenters. The summed E-state index contributed by atoms with van der Waals surface area (Å²) in [5, 5.41) is 2.34. The Morgan fingerprint density at radius 3 is 2.77 bits per heavy atom. The molecule has 0 spiro atoms. The number of nitrogens with one attached hydrogen (secondary N) is 1. The van der Waals surface area contributed by atoms with Gasteiger partial charge in [0.1, 0.15) is 0 Å². The first kappa shape index (κ1) is 15.9. The Kier molecular flexibility index (Phi) is 6.17. The molecule has 0 radical (unpaired) electrons. The van der Waals surface area contributed by atoms with Gasteiger partial charge in [0.2, 0.25) is 0 Å². The molecule has 22 heavy (non-hydrogen) atoms. The highest BCUT2D eigenvalue weighted by Gasteiger charge is 2.16. The predicted molar refractivity (Wildman–Crippen MR) is 92.8 cm³/mol. The monoisotopic (exact) mass is 304 g/mol. The van der Waals surface area contributed by atoms with Crippen LogP contribution in [0.4, 0.5) is 0 Å². The van der Waals surface area contributed by atoms with E-state index in [9.17, 15) is 0 Å². The summed E-state index contributed by atoms with van der Waals surface area (Å²) in [4.78, 5) is 7.04. The van der Waals surface area contributed by atoms with Gasteiger partial charge < -0.3 is 9.91 Å². The van der Waals surface area contributed by atoms with Crippen molar-refractivity contribution in [2.75, 3.05) is 32.7 Å². The van der Waals surface area contributed by atoms with Crippen molar-refractivity contribution in [3.63, 3.8) is 0 Å². The maximum Gasteiger partial charge on any atom is 0.0988 e. The van der Waals surface area contributed by atoms with Crippen molar-refractivity contribution < 1.29 is 0 Å². The van der Waals surface area contributed by atoms with Crippen LogP contribution in [-0.2, 0) is 0 Å². The van der Waals surface area contributed by atoms with Crippen LogP contribution in [0.1, 0.15) is 64.2 Å². The Bertz CT molecular complexity index is 364. The fraction of sp³-hybridized carbons (Fsp3) is 0.833. The summed E-state index contributed by atoms with van der Waals surface area (Å²) >= 11 is 0. The lowest BCUT2D eigenvalue weighted by Gasteiger charge is -2.28. The van der Waals surface area contributed by atoms with E-state index in [0.717, 1.165) is 13.1 Å². The molecule has 4 heterocycles. The fourth-order valence-electron chi connectivity index (χ4n) is 3.77. The van der Waals surface area contributed by atoms with Gasteiger partial charge in [-0.3, -0.25) is 4.99 Å². The SMILES string of the molecule is C1=C2CCCCNN2CCC1.C1CCC2=NCCCN2CC1. The Balaban J connectivity index is 0.000000131. The van der Waals surface area contributed by atoms with Crippen LogP contribution in [0.5, 0.6) is 0 Å². The fourth-order valence-corrected chi connectivity index (χ4v) is 3.77. The third-order valence-electron chi connectivity index (χ3n) is 5.05. The second-order valence-electron chi connectivity index (χ2n) is 6.80. The van der Waals surface area contributed by atoms with Crippen molar-refractivity contribution in [2.45, 2.75) is 64.2 Å². The summed E-state index contributed by atoms with van der Waals surface area (Å²) in [5.74, 6) is 1.40. The molecule has 4 nitrogen and oxygen atoms in total. The molecule has 4 aliphatic rings. The minimum atomic E-state index is 1.08. The first-order chi connectivity index (χ1) is 10.9. The molecule has 4 heteroatoms. The van der Waals surface area contributed by atoms with Gasteiger partial charge >= 0.3 is 0 Å². The number of hydrogen-bond acceptors (Lipinski definition) is 4. The van der Waals surface area contributed by atoms with Gasteiger partial charge in [0, 0.05) is 44.8 Å². The van der Waals surface area contributed by atoms with E-state index in [4.69, 9.17) is 0 Å². The van der Waals surface area contributed by atoms with Crippen LogP contribution < -0.4 is 5.43 Å². The van der Waals surface area contributed by atoms with Gasteiger partial charge in [-0.25, -0.2) is 5.43 Å². The Hall–Kier alpha value is -1.03. The van der Waals surface area contributed by atoms with Crippen LogP contribution in [0.3, 0.4) is 0 Å². The van der Waals surface area contributed by atoms with Gasteiger partial charge in [0.15, 0.2) is 0 Å². The summed E-state index contributed by atoms with van der Waals surface area (Å²) in [6.07, 6.45) is 15.6. The molecular weight excluding hydrogens is 272 g/mol. The first-order valence-corrected chi connectivity index (χ1v) is 9.42. The number of rotatable bonds is 0. The molecule has 0 aromatic heterocycles. The smallest absolute Gasteiger partial charge is 0.0988 e. The predicted octanol–water partition coefficient (Wildman–Crippen LogP) is 3.32. The van der Waals surface area contributed by atoms with Crippen LogP contribution >= 0.6 is 0 Å². The lowest BCUT2D eigenvalue weighted by molar-refractivity contribution is 0.237. The van der Waals surface area contributed by atoms with Gasteiger partial charge in [-0.2, -0.15) is 0 Å². The number of nitrogens with zero attached hydrogens (tertiary/aromatic N) is 3. The van der Waals surface area contributed by atoms with Crippen LogP contribution in [-0.4, -0.2) is 48.5 Å². The maximum atomic E-state index is 4.55. The maximum absolute atomic E-state index is 4.55. The quantitative estimate of drug-likeness (QED) is 0.745. The normalized spacial score (nSPS) is 25.5. The van der Waals surface area contributed by atoms with Crippen molar-refractivity contribution >= 4 is 5.84 Å². The zero-order valence-electron chi connectivity index (χ0n) is 14.0. The molecule has 0 bridgehead atoms. The molecule has 2 saturated heterocycles. The van der Waals surface area contributed by atoms with Crippen molar-refractivity contribution in [2.24, 2.45) is 4.99 Å². The van der Waals surface area contributed by atoms with Crippen LogP contribution in [0.15, 0.2) is 16.8 Å². The molecular formula is C18H32N4. The zero-order chi connectivity index (χ0) is 15.0. The molecule has 1 N–H and O–H groups in total. The van der Waals surface area contributed by atoms with E-state index >= 15 is 0 Å². The Labute approximate surface area is 135 Å². The third-order valence-corrected chi connectivity index (χ3v) is 5.05. The van der Waals surface area contributed by atoms with Gasteiger partial charge in [-0.05, 0) is 51.4 Å². The summed E-state index contributed by atoms with van der Waals surface area (Å²) in [7, 11) is 0. The van der Waals surface area contributed by atoms with E-state index in [0.29, 0.717) is 0 Å². The zero-order valence-corrected chi connectivity index (χ0v) is 14.0. The molecule has 2 fully saturated rings. The Morgan fingerprint density at radius 2 is 1.77 bits per heavy atom. The lowest BCUT2D eigenvalue weighted by Crippen LogP contribution is -2.38. The second kappa shape index (κ2) is 8.56. The molecule has 0 amide bonds. The number of amidine groups is 1. The van der Waals surface area contributed by atoms with Crippen molar-refractivity contribution in [1.29, 1.82) is 0 Å². The number of aliphatic imine (C=N–C) groups is 1. The average molecular weight is 304 g/mol. The highest BCUT2D eigenvalue weighted by Crippen LogP contribution is 2.20. The summed E-state index contributed by atoms with van der Waals surface area (Å²) in [6.45, 7) is 5.98. The Morgan fingerprint density at radius 1 is 0.864 bits per heavy atom.